The Labute approximate surface area is 148 Å². The van der Waals surface area contributed by atoms with Gasteiger partial charge in [-0.1, -0.05) is 24.3 Å². The van der Waals surface area contributed by atoms with Crippen LogP contribution in [-0.4, -0.2) is 7.11 Å². The average molecular weight is 403 g/mol. The van der Waals surface area contributed by atoms with Gasteiger partial charge in [0, 0.05) is 23.6 Å². The molecule has 0 N–H and O–H groups in total. The molecule has 1 heterocycles. The molecule has 2 nitrogen and oxygen atoms in total. The van der Waals surface area contributed by atoms with Crippen molar-refractivity contribution in [3.05, 3.63) is 71.9 Å². The van der Waals surface area contributed by atoms with Crippen LogP contribution < -0.4 is 33.3 Å². The molecular formula is C19H18INO. The Kier molecular flexibility index (Phi) is 5.55. The van der Waals surface area contributed by atoms with Crippen molar-refractivity contribution in [2.75, 3.05) is 7.11 Å². The highest BCUT2D eigenvalue weighted by Gasteiger charge is 2.07. The molecule has 1 aromatic heterocycles. The molecule has 0 saturated carbocycles. The van der Waals surface area contributed by atoms with Crippen molar-refractivity contribution < 1.29 is 33.3 Å². The van der Waals surface area contributed by atoms with Gasteiger partial charge in [0.25, 0.3) is 0 Å². The number of benzene rings is 2. The Morgan fingerprint density at radius 1 is 0.864 bits per heavy atom. The molecule has 0 aliphatic carbocycles. The van der Waals surface area contributed by atoms with Crippen LogP contribution in [0.3, 0.4) is 0 Å². The molecule has 3 rings (SSSR count). The van der Waals surface area contributed by atoms with Gasteiger partial charge in [0.2, 0.25) is 11.2 Å². The lowest BCUT2D eigenvalue weighted by molar-refractivity contribution is -0.646. The molecule has 0 aliphatic heterocycles. The van der Waals surface area contributed by atoms with Crippen molar-refractivity contribution in [3.63, 3.8) is 0 Å². The normalized spacial score (nSPS) is 10.6. The zero-order valence-corrected chi connectivity index (χ0v) is 14.8. The monoisotopic (exact) mass is 403 g/mol. The van der Waals surface area contributed by atoms with Crippen molar-refractivity contribution in [1.29, 1.82) is 0 Å². The van der Waals surface area contributed by atoms with Crippen LogP contribution in [0.1, 0.15) is 11.3 Å². The molecule has 0 bridgehead atoms. The molecule has 0 atom stereocenters. The molecule has 0 spiro atoms. The fraction of sp³-hybridized carbons (Fsp3) is 0.105. The summed E-state index contributed by atoms with van der Waals surface area (Å²) < 4.78 is 7.37. The van der Waals surface area contributed by atoms with Crippen molar-refractivity contribution in [3.8, 4) is 5.75 Å². The maximum absolute atomic E-state index is 5.17. The van der Waals surface area contributed by atoms with E-state index in [-0.39, 0.29) is 24.0 Å². The summed E-state index contributed by atoms with van der Waals surface area (Å²) in [6.07, 6.45) is 4.25. The predicted octanol–water partition coefficient (Wildman–Crippen LogP) is 0.847. The van der Waals surface area contributed by atoms with Crippen LogP contribution in [0.5, 0.6) is 5.75 Å². The molecule has 0 amide bonds. The maximum atomic E-state index is 5.17. The first kappa shape index (κ1) is 16.5. The molecule has 3 heteroatoms. The van der Waals surface area contributed by atoms with Crippen molar-refractivity contribution >= 4 is 23.1 Å². The maximum Gasteiger partial charge on any atom is 0.212 e. The molecule has 0 radical (unpaired) electrons. The van der Waals surface area contributed by atoms with Gasteiger partial charge in [0.05, 0.1) is 7.11 Å². The quantitative estimate of drug-likeness (QED) is 0.467. The lowest BCUT2D eigenvalue weighted by atomic mass is 10.1. The van der Waals surface area contributed by atoms with E-state index < -0.39 is 0 Å². The van der Waals surface area contributed by atoms with Crippen LogP contribution in [0.2, 0.25) is 0 Å². The van der Waals surface area contributed by atoms with Crippen molar-refractivity contribution in [2.24, 2.45) is 7.05 Å². The number of fused-ring (bicyclic) bond motifs is 1. The standard InChI is InChI=1S/C19H18NO.HI/c1-20-17(12-10-16-5-3-4-6-19(16)20)11-7-15-8-13-18(21-2)14-9-15;/h3-14H,1-2H3;1H/q+1;/p-1/b11-7+;. The highest BCUT2D eigenvalue weighted by Crippen LogP contribution is 2.14. The minimum Gasteiger partial charge on any atom is -1.00 e. The summed E-state index contributed by atoms with van der Waals surface area (Å²) >= 11 is 0. The van der Waals surface area contributed by atoms with Gasteiger partial charge in [-0.15, -0.1) is 0 Å². The molecule has 3 aromatic rings. The highest BCUT2D eigenvalue weighted by molar-refractivity contribution is 5.77. The zero-order valence-electron chi connectivity index (χ0n) is 12.7. The summed E-state index contributed by atoms with van der Waals surface area (Å²) in [5, 5.41) is 1.25. The Hall–Kier alpha value is -1.88. The van der Waals surface area contributed by atoms with E-state index in [1.54, 1.807) is 7.11 Å². The number of nitrogens with zero attached hydrogens (tertiary/aromatic N) is 1. The number of ether oxygens (including phenoxy) is 1. The van der Waals surface area contributed by atoms with E-state index in [4.69, 9.17) is 4.74 Å². The Morgan fingerprint density at radius 3 is 2.32 bits per heavy atom. The summed E-state index contributed by atoms with van der Waals surface area (Å²) in [6.45, 7) is 0. The van der Waals surface area contributed by atoms with Crippen molar-refractivity contribution in [2.45, 2.75) is 0 Å². The van der Waals surface area contributed by atoms with E-state index in [9.17, 15) is 0 Å². The van der Waals surface area contributed by atoms with Crippen LogP contribution >= 0.6 is 0 Å². The van der Waals surface area contributed by atoms with Crippen LogP contribution in [0, 0.1) is 0 Å². The summed E-state index contributed by atoms with van der Waals surface area (Å²) in [5.74, 6) is 0.878. The molecule has 0 aliphatic rings. The number of pyridine rings is 1. The van der Waals surface area contributed by atoms with E-state index in [1.165, 1.54) is 16.6 Å². The second kappa shape index (κ2) is 7.40. The third-order valence-electron chi connectivity index (χ3n) is 3.68. The first-order chi connectivity index (χ1) is 10.3. The van der Waals surface area contributed by atoms with E-state index in [1.807, 2.05) is 12.1 Å². The number of methoxy groups -OCH3 is 1. The lowest BCUT2D eigenvalue weighted by Gasteiger charge is -2.00. The fourth-order valence-corrected chi connectivity index (χ4v) is 2.42. The molecule has 112 valence electrons. The SMILES string of the molecule is COc1ccc(/C=C/c2ccc3ccccc3[n+]2C)cc1.[I-]. The van der Waals surface area contributed by atoms with E-state index in [0.717, 1.165) is 11.3 Å². The third kappa shape index (κ3) is 3.47. The highest BCUT2D eigenvalue weighted by atomic mass is 127. The minimum absolute atomic E-state index is 0. The van der Waals surface area contributed by atoms with Crippen molar-refractivity contribution in [1.82, 2.24) is 0 Å². The van der Waals surface area contributed by atoms with Crippen LogP contribution in [0.15, 0.2) is 60.7 Å². The first-order valence-electron chi connectivity index (χ1n) is 6.98. The molecule has 22 heavy (non-hydrogen) atoms. The van der Waals surface area contributed by atoms with E-state index in [2.05, 4.69) is 72.3 Å². The smallest absolute Gasteiger partial charge is 0.212 e. The number of halogens is 1. The van der Waals surface area contributed by atoms with Crippen LogP contribution in [-0.2, 0) is 7.05 Å². The van der Waals surface area contributed by atoms with Gasteiger partial charge in [-0.3, -0.25) is 0 Å². The van der Waals surface area contributed by atoms with Gasteiger partial charge in [-0.05, 0) is 35.9 Å². The third-order valence-corrected chi connectivity index (χ3v) is 3.68. The second-order valence-electron chi connectivity index (χ2n) is 4.98. The first-order valence-corrected chi connectivity index (χ1v) is 6.98. The number of aryl methyl sites for hydroxylation is 1. The Morgan fingerprint density at radius 2 is 1.59 bits per heavy atom. The minimum atomic E-state index is 0. The zero-order chi connectivity index (χ0) is 14.7. The molecule has 0 fully saturated rings. The van der Waals surface area contributed by atoms with Gasteiger partial charge in [0.15, 0.2) is 0 Å². The average Bonchev–Trinajstić information content (AvgIpc) is 2.55. The Balaban J connectivity index is 0.00000176. The van der Waals surface area contributed by atoms with E-state index in [0.29, 0.717) is 0 Å². The topological polar surface area (TPSA) is 13.1 Å². The molecule has 0 unspecified atom stereocenters. The van der Waals surface area contributed by atoms with E-state index >= 15 is 0 Å². The summed E-state index contributed by atoms with van der Waals surface area (Å²) in [4.78, 5) is 0. The Bertz CT molecular complexity index is 794. The summed E-state index contributed by atoms with van der Waals surface area (Å²) in [6, 6.07) is 20.7. The van der Waals surface area contributed by atoms with Gasteiger partial charge < -0.3 is 28.7 Å². The number of rotatable bonds is 3. The number of hydrogen-bond acceptors (Lipinski definition) is 1. The number of para-hydroxylation sites is 1. The van der Waals surface area contributed by atoms with Crippen LogP contribution in [0.25, 0.3) is 23.1 Å². The fourth-order valence-electron chi connectivity index (χ4n) is 2.42. The largest absolute Gasteiger partial charge is 1.00 e. The van der Waals surface area contributed by atoms with Gasteiger partial charge in [0.1, 0.15) is 12.8 Å². The molecule has 0 saturated heterocycles. The second-order valence-corrected chi connectivity index (χ2v) is 4.98. The summed E-state index contributed by atoms with van der Waals surface area (Å²) in [7, 11) is 3.77. The molecule has 2 aromatic carbocycles. The molecular weight excluding hydrogens is 385 g/mol. The predicted molar refractivity (Wildman–Crippen MR) is 87.0 cm³/mol. The van der Waals surface area contributed by atoms with Gasteiger partial charge >= 0.3 is 0 Å². The summed E-state index contributed by atoms with van der Waals surface area (Å²) in [5.41, 5.74) is 3.56. The lowest BCUT2D eigenvalue weighted by Crippen LogP contribution is -3.00. The van der Waals surface area contributed by atoms with Gasteiger partial charge in [-0.25, -0.2) is 0 Å². The van der Waals surface area contributed by atoms with Gasteiger partial charge in [-0.2, -0.15) is 4.57 Å². The van der Waals surface area contributed by atoms with Crippen LogP contribution in [0.4, 0.5) is 0 Å². The number of hydrogen-bond donors (Lipinski definition) is 0. The number of aromatic nitrogens is 1.